The molecule has 6 heteroatoms. The molecule has 1 unspecified atom stereocenters. The number of hydrogen-bond acceptors (Lipinski definition) is 4. The van der Waals surface area contributed by atoms with Gasteiger partial charge in [0.15, 0.2) is 6.61 Å². The molecule has 1 atom stereocenters. The number of nitrogens with zero attached hydrogens (tertiary/aromatic N) is 1. The summed E-state index contributed by atoms with van der Waals surface area (Å²) in [4.78, 5) is 27.3. The number of nitrogens with one attached hydrogen (secondary N) is 1. The maximum absolute atomic E-state index is 12.5. The summed E-state index contributed by atoms with van der Waals surface area (Å²) in [6, 6.07) is 12.8. The highest BCUT2D eigenvalue weighted by atomic mass is 16.5. The van der Waals surface area contributed by atoms with E-state index >= 15 is 0 Å². The van der Waals surface area contributed by atoms with Crippen LogP contribution in [-0.2, 0) is 16.0 Å². The summed E-state index contributed by atoms with van der Waals surface area (Å²) in [5, 5.41) is 11.6. The molecule has 2 aromatic rings. The van der Waals surface area contributed by atoms with Gasteiger partial charge in [-0.05, 0) is 42.7 Å². The Hall–Kier alpha value is -2.89. The van der Waals surface area contributed by atoms with Gasteiger partial charge in [0.25, 0.3) is 0 Å². The first-order chi connectivity index (χ1) is 12.6. The van der Waals surface area contributed by atoms with Gasteiger partial charge in [0.1, 0.15) is 5.75 Å². The molecule has 0 fully saturated rings. The van der Waals surface area contributed by atoms with E-state index in [2.05, 4.69) is 17.2 Å². The van der Waals surface area contributed by atoms with E-state index in [4.69, 9.17) is 9.84 Å². The highest BCUT2D eigenvalue weighted by Crippen LogP contribution is 2.19. The second-order valence-corrected chi connectivity index (χ2v) is 5.96. The van der Waals surface area contributed by atoms with Crippen LogP contribution in [0.25, 0.3) is 0 Å². The predicted octanol–water partition coefficient (Wildman–Crippen LogP) is 2.79. The maximum atomic E-state index is 12.5. The number of aliphatic carboxylic acids is 1. The van der Waals surface area contributed by atoms with Crippen molar-refractivity contribution in [1.82, 2.24) is 10.3 Å². The Bertz CT molecular complexity index is 702. The molecule has 0 aliphatic heterocycles. The van der Waals surface area contributed by atoms with Crippen molar-refractivity contribution in [3.8, 4) is 5.75 Å². The van der Waals surface area contributed by atoms with Gasteiger partial charge in [-0.2, -0.15) is 0 Å². The first-order valence-corrected chi connectivity index (χ1v) is 8.72. The van der Waals surface area contributed by atoms with E-state index in [9.17, 15) is 9.59 Å². The van der Waals surface area contributed by atoms with E-state index in [0.717, 1.165) is 24.1 Å². The summed E-state index contributed by atoms with van der Waals surface area (Å²) >= 11 is 0. The Morgan fingerprint density at radius 1 is 1.19 bits per heavy atom. The third-order valence-corrected chi connectivity index (χ3v) is 3.94. The molecule has 1 heterocycles. The summed E-state index contributed by atoms with van der Waals surface area (Å²) in [5.74, 6) is -0.732. The second kappa shape index (κ2) is 10.2. The minimum Gasteiger partial charge on any atom is -0.482 e. The van der Waals surface area contributed by atoms with Crippen molar-refractivity contribution in [2.24, 2.45) is 0 Å². The van der Waals surface area contributed by atoms with Crippen molar-refractivity contribution in [1.29, 1.82) is 0 Å². The molecule has 138 valence electrons. The molecule has 0 saturated heterocycles. The predicted molar refractivity (Wildman–Crippen MR) is 98.2 cm³/mol. The number of carboxylic acids is 1. The van der Waals surface area contributed by atoms with E-state index in [1.54, 1.807) is 18.3 Å². The van der Waals surface area contributed by atoms with Crippen LogP contribution in [0.1, 0.15) is 36.9 Å². The molecular formula is C20H24N2O4. The molecule has 2 N–H and O–H groups in total. The molecule has 0 aliphatic rings. The van der Waals surface area contributed by atoms with E-state index in [1.165, 1.54) is 0 Å². The minimum atomic E-state index is -1.01. The Balaban J connectivity index is 1.83. The third-order valence-electron chi connectivity index (χ3n) is 3.94. The van der Waals surface area contributed by atoms with Crippen LogP contribution in [0.3, 0.4) is 0 Å². The fourth-order valence-electron chi connectivity index (χ4n) is 2.63. The maximum Gasteiger partial charge on any atom is 0.341 e. The lowest BCUT2D eigenvalue weighted by atomic mass is 9.98. The lowest BCUT2D eigenvalue weighted by molar-refractivity contribution is -0.139. The van der Waals surface area contributed by atoms with Gasteiger partial charge in [-0.15, -0.1) is 0 Å². The summed E-state index contributed by atoms with van der Waals surface area (Å²) in [7, 11) is 0. The average Bonchev–Trinajstić information content (AvgIpc) is 2.66. The Morgan fingerprint density at radius 2 is 1.96 bits per heavy atom. The van der Waals surface area contributed by atoms with Crippen molar-refractivity contribution < 1.29 is 19.4 Å². The third kappa shape index (κ3) is 6.20. The molecule has 0 aliphatic carbocycles. The second-order valence-electron chi connectivity index (χ2n) is 5.96. The lowest BCUT2D eigenvalue weighted by Gasteiger charge is -2.15. The smallest absolute Gasteiger partial charge is 0.341 e. The van der Waals surface area contributed by atoms with Crippen LogP contribution in [0, 0.1) is 0 Å². The Labute approximate surface area is 153 Å². The summed E-state index contributed by atoms with van der Waals surface area (Å²) in [6.45, 7) is 2.22. The molecular weight excluding hydrogens is 332 g/mol. The van der Waals surface area contributed by atoms with Crippen LogP contribution in [0.15, 0.2) is 48.7 Å². The van der Waals surface area contributed by atoms with Crippen LogP contribution in [0.4, 0.5) is 0 Å². The molecule has 1 amide bonds. The summed E-state index contributed by atoms with van der Waals surface area (Å²) in [5.41, 5.74) is 1.84. The van der Waals surface area contributed by atoms with Gasteiger partial charge in [0.2, 0.25) is 5.91 Å². The van der Waals surface area contributed by atoms with Crippen molar-refractivity contribution in [3.63, 3.8) is 0 Å². The molecule has 26 heavy (non-hydrogen) atoms. The van der Waals surface area contributed by atoms with Crippen LogP contribution in [-0.4, -0.2) is 35.1 Å². The standard InChI is InChI=1S/C20H24N2O4/c1-2-5-17(18-6-3-4-12-21-18)20(25)22-13-11-15-7-9-16(10-8-15)26-14-19(23)24/h3-4,6-10,12,17H,2,5,11,13-14H2,1H3,(H,22,25)(H,23,24). The average molecular weight is 356 g/mol. The number of ether oxygens (including phenoxy) is 1. The number of benzene rings is 1. The Morgan fingerprint density at radius 3 is 2.58 bits per heavy atom. The lowest BCUT2D eigenvalue weighted by Crippen LogP contribution is -2.31. The molecule has 0 radical (unpaired) electrons. The number of pyridine rings is 1. The quantitative estimate of drug-likeness (QED) is 0.683. The number of aromatic nitrogens is 1. The first-order valence-electron chi connectivity index (χ1n) is 8.72. The van der Waals surface area contributed by atoms with Gasteiger partial charge in [-0.25, -0.2) is 4.79 Å². The van der Waals surface area contributed by atoms with E-state index in [1.807, 2.05) is 30.3 Å². The minimum absolute atomic E-state index is 0.00744. The van der Waals surface area contributed by atoms with Gasteiger partial charge < -0.3 is 15.2 Å². The van der Waals surface area contributed by atoms with Crippen LogP contribution < -0.4 is 10.1 Å². The van der Waals surface area contributed by atoms with Crippen LogP contribution >= 0.6 is 0 Å². The zero-order valence-corrected chi connectivity index (χ0v) is 14.9. The van der Waals surface area contributed by atoms with Gasteiger partial charge in [-0.1, -0.05) is 31.5 Å². The Kier molecular flexibility index (Phi) is 7.61. The molecule has 6 nitrogen and oxygen atoms in total. The SMILES string of the molecule is CCCC(C(=O)NCCc1ccc(OCC(=O)O)cc1)c1ccccn1. The number of carbonyl (C=O) groups is 2. The molecule has 0 spiro atoms. The monoisotopic (exact) mass is 356 g/mol. The first kappa shape index (κ1) is 19.4. The number of amides is 1. The molecule has 1 aromatic carbocycles. The fraction of sp³-hybridized carbons (Fsp3) is 0.350. The highest BCUT2D eigenvalue weighted by molar-refractivity contribution is 5.83. The zero-order valence-electron chi connectivity index (χ0n) is 14.9. The van der Waals surface area contributed by atoms with Gasteiger partial charge in [0, 0.05) is 12.7 Å². The molecule has 0 bridgehead atoms. The normalized spacial score (nSPS) is 11.6. The number of carboxylic acid groups (broad SMARTS) is 1. The highest BCUT2D eigenvalue weighted by Gasteiger charge is 2.20. The van der Waals surface area contributed by atoms with Crippen molar-refractivity contribution in [3.05, 3.63) is 59.9 Å². The molecule has 2 rings (SSSR count). The largest absolute Gasteiger partial charge is 0.482 e. The number of carbonyl (C=O) groups excluding carboxylic acids is 1. The van der Waals surface area contributed by atoms with Crippen molar-refractivity contribution in [2.45, 2.75) is 32.1 Å². The topological polar surface area (TPSA) is 88.5 Å². The van der Waals surface area contributed by atoms with Crippen molar-refractivity contribution >= 4 is 11.9 Å². The summed E-state index contributed by atoms with van der Waals surface area (Å²) in [6.07, 6.45) is 4.07. The van der Waals surface area contributed by atoms with Gasteiger partial charge in [-0.3, -0.25) is 9.78 Å². The van der Waals surface area contributed by atoms with Gasteiger partial charge >= 0.3 is 5.97 Å². The van der Waals surface area contributed by atoms with Crippen LogP contribution in [0.2, 0.25) is 0 Å². The van der Waals surface area contributed by atoms with E-state index in [-0.39, 0.29) is 18.4 Å². The number of hydrogen-bond donors (Lipinski definition) is 2. The van der Waals surface area contributed by atoms with E-state index < -0.39 is 5.97 Å². The summed E-state index contributed by atoms with van der Waals surface area (Å²) < 4.78 is 5.10. The van der Waals surface area contributed by atoms with Crippen LogP contribution in [0.5, 0.6) is 5.75 Å². The number of rotatable bonds is 10. The fourth-order valence-corrected chi connectivity index (χ4v) is 2.63. The van der Waals surface area contributed by atoms with Gasteiger partial charge in [0.05, 0.1) is 11.6 Å². The van der Waals surface area contributed by atoms with E-state index in [0.29, 0.717) is 18.7 Å². The zero-order chi connectivity index (χ0) is 18.8. The van der Waals surface area contributed by atoms with Crippen molar-refractivity contribution in [2.75, 3.05) is 13.2 Å². The molecule has 0 saturated carbocycles. The molecule has 1 aromatic heterocycles.